The molecule has 1 aromatic carbocycles. The van der Waals surface area contributed by atoms with Crippen LogP contribution in [0.1, 0.15) is 5.82 Å². The van der Waals surface area contributed by atoms with E-state index < -0.39 is 4.92 Å². The zero-order valence-corrected chi connectivity index (χ0v) is 7.97. The van der Waals surface area contributed by atoms with Crippen LogP contribution < -0.4 is 0 Å². The topological polar surface area (TPSA) is 84.7 Å². The molecule has 0 atom stereocenters. The average Bonchev–Trinajstić information content (AvgIpc) is 2.65. The van der Waals surface area contributed by atoms with Crippen LogP contribution in [0.15, 0.2) is 24.3 Å². The molecule has 0 saturated carbocycles. The van der Waals surface area contributed by atoms with E-state index in [0.717, 1.165) is 5.56 Å². The summed E-state index contributed by atoms with van der Waals surface area (Å²) in [4.78, 5) is 14.1. The molecule has 0 saturated heterocycles. The van der Waals surface area contributed by atoms with Crippen molar-refractivity contribution in [2.75, 3.05) is 0 Å². The zero-order valence-electron chi connectivity index (χ0n) is 7.97. The van der Waals surface area contributed by atoms with Crippen molar-refractivity contribution in [3.05, 3.63) is 40.2 Å². The lowest BCUT2D eigenvalue weighted by atomic mass is 10.2. The molecule has 6 nitrogen and oxygen atoms in total. The molecule has 15 heavy (non-hydrogen) atoms. The smallest absolute Gasteiger partial charge is 0.263 e. The largest absolute Gasteiger partial charge is 0.269 e. The Bertz CT molecular complexity index is 489. The van der Waals surface area contributed by atoms with Gasteiger partial charge >= 0.3 is 0 Å². The fourth-order valence-corrected chi connectivity index (χ4v) is 1.20. The molecule has 6 heteroatoms. The predicted octanol–water partition coefficient (Wildman–Crippen LogP) is 1.69. The van der Waals surface area contributed by atoms with Crippen molar-refractivity contribution in [2.45, 2.75) is 6.92 Å². The Balaban J connectivity index is 2.35. The first-order chi connectivity index (χ1) is 7.16. The quantitative estimate of drug-likeness (QED) is 0.595. The number of nitrogens with zero attached hydrogens (tertiary/aromatic N) is 3. The van der Waals surface area contributed by atoms with Crippen molar-refractivity contribution in [3.8, 4) is 11.4 Å². The van der Waals surface area contributed by atoms with Gasteiger partial charge in [0.05, 0.1) is 4.92 Å². The van der Waals surface area contributed by atoms with E-state index in [9.17, 15) is 10.1 Å². The number of nitro benzene ring substituents is 1. The Labute approximate surface area is 85.1 Å². The van der Waals surface area contributed by atoms with Gasteiger partial charge in [-0.1, -0.05) is 0 Å². The minimum atomic E-state index is -0.437. The van der Waals surface area contributed by atoms with Gasteiger partial charge in [-0.3, -0.25) is 15.2 Å². The third-order valence-corrected chi connectivity index (χ3v) is 1.93. The number of aromatic amines is 1. The first kappa shape index (κ1) is 9.32. The van der Waals surface area contributed by atoms with E-state index in [0.29, 0.717) is 11.6 Å². The van der Waals surface area contributed by atoms with Crippen molar-refractivity contribution >= 4 is 5.69 Å². The second-order valence-corrected chi connectivity index (χ2v) is 3.05. The molecule has 1 heterocycles. The zero-order chi connectivity index (χ0) is 10.8. The van der Waals surface area contributed by atoms with Crippen LogP contribution >= 0.6 is 0 Å². The molecule has 0 bridgehead atoms. The fraction of sp³-hybridized carbons (Fsp3) is 0.111. The van der Waals surface area contributed by atoms with Gasteiger partial charge in [-0.2, -0.15) is 5.10 Å². The number of aromatic nitrogens is 3. The molecule has 0 amide bonds. The lowest BCUT2D eigenvalue weighted by Crippen LogP contribution is -1.87. The summed E-state index contributed by atoms with van der Waals surface area (Å²) in [5.41, 5.74) is 0.816. The monoisotopic (exact) mass is 204 g/mol. The number of hydrogen-bond acceptors (Lipinski definition) is 4. The van der Waals surface area contributed by atoms with Gasteiger partial charge in [0, 0.05) is 17.7 Å². The minimum absolute atomic E-state index is 0.0611. The summed E-state index contributed by atoms with van der Waals surface area (Å²) in [7, 11) is 0. The summed E-state index contributed by atoms with van der Waals surface area (Å²) in [5, 5.41) is 17.1. The van der Waals surface area contributed by atoms with Gasteiger partial charge in [0.2, 0.25) is 0 Å². The van der Waals surface area contributed by atoms with Gasteiger partial charge in [0.15, 0.2) is 5.82 Å². The Morgan fingerprint density at radius 1 is 1.33 bits per heavy atom. The van der Waals surface area contributed by atoms with Crippen LogP contribution in [-0.2, 0) is 0 Å². The van der Waals surface area contributed by atoms with Gasteiger partial charge in [0.25, 0.3) is 5.69 Å². The highest BCUT2D eigenvalue weighted by Gasteiger charge is 2.07. The lowest BCUT2D eigenvalue weighted by Gasteiger charge is -1.94. The highest BCUT2D eigenvalue weighted by atomic mass is 16.6. The molecule has 0 radical (unpaired) electrons. The summed E-state index contributed by atoms with van der Waals surface area (Å²) >= 11 is 0. The Kier molecular flexibility index (Phi) is 2.17. The molecule has 0 unspecified atom stereocenters. The number of rotatable bonds is 2. The summed E-state index contributed by atoms with van der Waals surface area (Å²) in [6, 6.07) is 6.11. The van der Waals surface area contributed by atoms with Crippen molar-refractivity contribution in [2.24, 2.45) is 0 Å². The molecule has 0 aliphatic heterocycles. The van der Waals surface area contributed by atoms with E-state index in [1.165, 1.54) is 12.1 Å². The summed E-state index contributed by atoms with van der Waals surface area (Å²) in [5.74, 6) is 1.26. The molecule has 0 aliphatic carbocycles. The summed E-state index contributed by atoms with van der Waals surface area (Å²) < 4.78 is 0. The summed E-state index contributed by atoms with van der Waals surface area (Å²) in [6.45, 7) is 1.79. The van der Waals surface area contributed by atoms with E-state index in [4.69, 9.17) is 0 Å². The van der Waals surface area contributed by atoms with Crippen molar-refractivity contribution < 1.29 is 4.92 Å². The lowest BCUT2D eigenvalue weighted by molar-refractivity contribution is -0.384. The highest BCUT2D eigenvalue weighted by Crippen LogP contribution is 2.18. The van der Waals surface area contributed by atoms with E-state index in [2.05, 4.69) is 15.2 Å². The molecule has 0 spiro atoms. The number of hydrogen-bond donors (Lipinski definition) is 1. The maximum Gasteiger partial charge on any atom is 0.269 e. The van der Waals surface area contributed by atoms with Gasteiger partial charge < -0.3 is 0 Å². The van der Waals surface area contributed by atoms with Crippen molar-refractivity contribution in [3.63, 3.8) is 0 Å². The molecule has 0 aliphatic rings. The minimum Gasteiger partial charge on any atom is -0.263 e. The van der Waals surface area contributed by atoms with Crippen LogP contribution in [0.3, 0.4) is 0 Å². The number of nitro groups is 1. The fourth-order valence-electron chi connectivity index (χ4n) is 1.20. The van der Waals surface area contributed by atoms with Crippen LogP contribution in [0, 0.1) is 17.0 Å². The Morgan fingerprint density at radius 2 is 2.00 bits per heavy atom. The van der Waals surface area contributed by atoms with Gasteiger partial charge in [-0.05, 0) is 19.1 Å². The molecular formula is C9H8N4O2. The second kappa shape index (κ2) is 3.49. The molecule has 1 aromatic heterocycles. The SMILES string of the molecule is Cc1nc(-c2ccc([N+](=O)[O-])cc2)n[nH]1. The van der Waals surface area contributed by atoms with E-state index in [1.54, 1.807) is 19.1 Å². The molecule has 1 N–H and O–H groups in total. The molecule has 2 rings (SSSR count). The van der Waals surface area contributed by atoms with Crippen LogP contribution in [0.5, 0.6) is 0 Å². The summed E-state index contributed by atoms with van der Waals surface area (Å²) in [6.07, 6.45) is 0. The normalized spacial score (nSPS) is 10.2. The maximum atomic E-state index is 10.4. The Hall–Kier alpha value is -2.24. The van der Waals surface area contributed by atoms with Crippen molar-refractivity contribution in [1.82, 2.24) is 15.2 Å². The van der Waals surface area contributed by atoms with Gasteiger partial charge in [0.1, 0.15) is 5.82 Å². The third-order valence-electron chi connectivity index (χ3n) is 1.93. The van der Waals surface area contributed by atoms with Crippen LogP contribution in [0.25, 0.3) is 11.4 Å². The van der Waals surface area contributed by atoms with E-state index >= 15 is 0 Å². The van der Waals surface area contributed by atoms with E-state index in [1.807, 2.05) is 0 Å². The molecule has 0 fully saturated rings. The number of aryl methyl sites for hydroxylation is 1. The second-order valence-electron chi connectivity index (χ2n) is 3.05. The first-order valence-corrected chi connectivity index (χ1v) is 4.30. The molecular weight excluding hydrogens is 196 g/mol. The average molecular weight is 204 g/mol. The maximum absolute atomic E-state index is 10.4. The highest BCUT2D eigenvalue weighted by molar-refractivity contribution is 5.56. The third kappa shape index (κ3) is 1.83. The van der Waals surface area contributed by atoms with E-state index in [-0.39, 0.29) is 5.69 Å². The predicted molar refractivity (Wildman–Crippen MR) is 53.2 cm³/mol. The van der Waals surface area contributed by atoms with Crippen LogP contribution in [-0.4, -0.2) is 20.1 Å². The number of benzene rings is 1. The van der Waals surface area contributed by atoms with Gasteiger partial charge in [-0.15, -0.1) is 0 Å². The number of non-ortho nitro benzene ring substituents is 1. The van der Waals surface area contributed by atoms with Crippen LogP contribution in [0.2, 0.25) is 0 Å². The Morgan fingerprint density at radius 3 is 2.47 bits per heavy atom. The number of H-pyrrole nitrogens is 1. The standard InChI is InChI=1S/C9H8N4O2/c1-6-10-9(12-11-6)7-2-4-8(5-3-7)13(14)15/h2-5H,1H3,(H,10,11,12). The first-order valence-electron chi connectivity index (χ1n) is 4.30. The van der Waals surface area contributed by atoms with Crippen molar-refractivity contribution in [1.29, 1.82) is 0 Å². The molecule has 76 valence electrons. The van der Waals surface area contributed by atoms with Gasteiger partial charge in [-0.25, -0.2) is 4.98 Å². The van der Waals surface area contributed by atoms with Crippen LogP contribution in [0.4, 0.5) is 5.69 Å². The molecule has 2 aromatic rings. The number of nitrogens with one attached hydrogen (secondary N) is 1.